The van der Waals surface area contributed by atoms with Crippen LogP contribution >= 0.6 is 0 Å². The minimum absolute atomic E-state index is 1.12. The molecular formula is C16H31N. The van der Waals surface area contributed by atoms with E-state index in [-0.39, 0.29) is 0 Å². The summed E-state index contributed by atoms with van der Waals surface area (Å²) in [4.78, 5) is 2.33. The predicted molar refractivity (Wildman–Crippen MR) is 78.9 cm³/mol. The van der Waals surface area contributed by atoms with E-state index in [2.05, 4.69) is 50.2 Å². The lowest BCUT2D eigenvalue weighted by molar-refractivity contribution is 0.481. The molecule has 0 atom stereocenters. The number of unbranched alkanes of at least 4 members (excludes halogenated alkanes) is 5. The highest BCUT2D eigenvalue weighted by Crippen LogP contribution is 2.04. The molecule has 0 heterocycles. The highest BCUT2D eigenvalue weighted by atomic mass is 15.1. The Balaban J connectivity index is 3.79. The molecule has 0 radical (unpaired) electrons. The van der Waals surface area contributed by atoms with Crippen molar-refractivity contribution in [1.29, 1.82) is 0 Å². The standard InChI is InChI=1S/C16H31N/c1-4-7-10-11-12-13-16-17(14-8-5-2)15-9-6-3/h8,13-14,16H,4-7,9-12,15H2,1-3H3. The van der Waals surface area contributed by atoms with Crippen molar-refractivity contribution in [2.75, 3.05) is 6.54 Å². The fourth-order valence-electron chi connectivity index (χ4n) is 1.68. The molecule has 0 aliphatic carbocycles. The molecule has 0 bridgehead atoms. The van der Waals surface area contributed by atoms with Crippen molar-refractivity contribution in [2.45, 2.75) is 72.1 Å². The van der Waals surface area contributed by atoms with E-state index in [1.807, 2.05) is 0 Å². The Bertz CT molecular complexity index is 194. The molecule has 0 N–H and O–H groups in total. The maximum Gasteiger partial charge on any atom is 0.0219 e. The Kier molecular flexibility index (Phi) is 12.8. The van der Waals surface area contributed by atoms with Crippen molar-refractivity contribution < 1.29 is 0 Å². The van der Waals surface area contributed by atoms with Gasteiger partial charge in [-0.05, 0) is 38.1 Å². The quantitative estimate of drug-likeness (QED) is 0.429. The summed E-state index contributed by atoms with van der Waals surface area (Å²) in [6.45, 7) is 7.84. The Morgan fingerprint density at radius 3 is 2.12 bits per heavy atom. The van der Waals surface area contributed by atoms with Gasteiger partial charge >= 0.3 is 0 Å². The van der Waals surface area contributed by atoms with E-state index < -0.39 is 0 Å². The third-order valence-electron chi connectivity index (χ3n) is 2.82. The molecule has 0 amide bonds. The molecule has 0 rings (SSSR count). The van der Waals surface area contributed by atoms with Crippen molar-refractivity contribution in [1.82, 2.24) is 4.90 Å². The lowest BCUT2D eigenvalue weighted by Gasteiger charge is -2.14. The topological polar surface area (TPSA) is 3.24 Å². The molecule has 0 aromatic heterocycles. The van der Waals surface area contributed by atoms with Crippen LogP contribution in [0.25, 0.3) is 0 Å². The van der Waals surface area contributed by atoms with Gasteiger partial charge in [0, 0.05) is 6.54 Å². The van der Waals surface area contributed by atoms with Gasteiger partial charge in [0.05, 0.1) is 0 Å². The van der Waals surface area contributed by atoms with Crippen molar-refractivity contribution in [3.8, 4) is 0 Å². The highest BCUT2D eigenvalue weighted by Gasteiger charge is 1.92. The van der Waals surface area contributed by atoms with Crippen LogP contribution in [0.3, 0.4) is 0 Å². The van der Waals surface area contributed by atoms with E-state index in [1.165, 1.54) is 44.9 Å². The predicted octanol–water partition coefficient (Wildman–Crippen LogP) is 5.50. The molecule has 0 aliphatic heterocycles. The second kappa shape index (κ2) is 13.3. The van der Waals surface area contributed by atoms with Gasteiger partial charge in [-0.1, -0.05) is 58.6 Å². The number of hydrogen-bond acceptors (Lipinski definition) is 1. The van der Waals surface area contributed by atoms with E-state index in [0.29, 0.717) is 0 Å². The second-order valence-corrected chi connectivity index (χ2v) is 4.62. The van der Waals surface area contributed by atoms with Crippen LogP contribution in [-0.4, -0.2) is 11.4 Å². The molecule has 0 saturated heterocycles. The molecule has 17 heavy (non-hydrogen) atoms. The minimum Gasteiger partial charge on any atom is -0.355 e. The second-order valence-electron chi connectivity index (χ2n) is 4.62. The monoisotopic (exact) mass is 237 g/mol. The maximum absolute atomic E-state index is 2.33. The molecule has 0 unspecified atom stereocenters. The minimum atomic E-state index is 1.12. The average Bonchev–Trinajstić information content (AvgIpc) is 2.35. The van der Waals surface area contributed by atoms with Crippen LogP contribution in [0.4, 0.5) is 0 Å². The van der Waals surface area contributed by atoms with Crippen LogP contribution in [0.2, 0.25) is 0 Å². The zero-order valence-electron chi connectivity index (χ0n) is 12.1. The van der Waals surface area contributed by atoms with Crippen LogP contribution in [0.15, 0.2) is 24.6 Å². The van der Waals surface area contributed by atoms with Gasteiger partial charge in [-0.25, -0.2) is 0 Å². The largest absolute Gasteiger partial charge is 0.355 e. The fraction of sp³-hybridized carbons (Fsp3) is 0.750. The van der Waals surface area contributed by atoms with E-state index in [4.69, 9.17) is 0 Å². The van der Waals surface area contributed by atoms with Gasteiger partial charge in [0.25, 0.3) is 0 Å². The van der Waals surface area contributed by atoms with Gasteiger partial charge in [0.2, 0.25) is 0 Å². The SMILES string of the molecule is CCC=CN(C=CCCCCCC)CCCC. The molecule has 0 spiro atoms. The van der Waals surface area contributed by atoms with E-state index in [9.17, 15) is 0 Å². The van der Waals surface area contributed by atoms with Gasteiger partial charge in [0.15, 0.2) is 0 Å². The van der Waals surface area contributed by atoms with E-state index in [1.54, 1.807) is 0 Å². The normalized spacial score (nSPS) is 11.7. The first-order valence-corrected chi connectivity index (χ1v) is 7.44. The summed E-state index contributed by atoms with van der Waals surface area (Å²) in [6, 6.07) is 0. The summed E-state index contributed by atoms with van der Waals surface area (Å²) in [5, 5.41) is 0. The van der Waals surface area contributed by atoms with Gasteiger partial charge < -0.3 is 4.90 Å². The molecule has 0 aromatic carbocycles. The molecule has 0 saturated carbocycles. The number of rotatable bonds is 11. The Hall–Kier alpha value is -0.720. The fourth-order valence-corrected chi connectivity index (χ4v) is 1.68. The first-order chi connectivity index (χ1) is 8.35. The summed E-state index contributed by atoms with van der Waals surface area (Å²) in [5.74, 6) is 0. The van der Waals surface area contributed by atoms with Crippen molar-refractivity contribution in [3.63, 3.8) is 0 Å². The van der Waals surface area contributed by atoms with E-state index >= 15 is 0 Å². The Morgan fingerprint density at radius 2 is 1.47 bits per heavy atom. The van der Waals surface area contributed by atoms with Gasteiger partial charge in [-0.2, -0.15) is 0 Å². The number of nitrogens with zero attached hydrogens (tertiary/aromatic N) is 1. The summed E-state index contributed by atoms with van der Waals surface area (Å²) in [5.41, 5.74) is 0. The zero-order chi connectivity index (χ0) is 12.8. The van der Waals surface area contributed by atoms with Crippen LogP contribution in [0.1, 0.15) is 72.1 Å². The van der Waals surface area contributed by atoms with E-state index in [0.717, 1.165) is 13.0 Å². The Labute approximate surface area is 109 Å². The molecule has 0 fully saturated rings. The summed E-state index contributed by atoms with van der Waals surface area (Å²) >= 11 is 0. The first-order valence-electron chi connectivity index (χ1n) is 7.44. The number of hydrogen-bond donors (Lipinski definition) is 0. The summed E-state index contributed by atoms with van der Waals surface area (Å²) < 4.78 is 0. The van der Waals surface area contributed by atoms with Crippen LogP contribution in [0.5, 0.6) is 0 Å². The first kappa shape index (κ1) is 16.3. The maximum atomic E-state index is 2.33. The third kappa shape index (κ3) is 11.5. The molecule has 100 valence electrons. The summed E-state index contributed by atoms with van der Waals surface area (Å²) in [6.07, 6.45) is 19.3. The van der Waals surface area contributed by atoms with Crippen molar-refractivity contribution in [2.24, 2.45) is 0 Å². The van der Waals surface area contributed by atoms with Gasteiger partial charge in [0.1, 0.15) is 0 Å². The van der Waals surface area contributed by atoms with Crippen molar-refractivity contribution >= 4 is 0 Å². The lowest BCUT2D eigenvalue weighted by Crippen LogP contribution is -2.10. The average molecular weight is 237 g/mol. The van der Waals surface area contributed by atoms with Gasteiger partial charge in [-0.15, -0.1) is 0 Å². The third-order valence-corrected chi connectivity index (χ3v) is 2.82. The van der Waals surface area contributed by atoms with Crippen LogP contribution in [0, 0.1) is 0 Å². The molecule has 1 nitrogen and oxygen atoms in total. The zero-order valence-corrected chi connectivity index (χ0v) is 12.1. The van der Waals surface area contributed by atoms with Crippen molar-refractivity contribution in [3.05, 3.63) is 24.6 Å². The molecule has 0 aromatic rings. The van der Waals surface area contributed by atoms with Crippen LogP contribution in [-0.2, 0) is 0 Å². The van der Waals surface area contributed by atoms with Crippen LogP contribution < -0.4 is 0 Å². The smallest absolute Gasteiger partial charge is 0.0219 e. The van der Waals surface area contributed by atoms with Gasteiger partial charge in [-0.3, -0.25) is 0 Å². The molecule has 1 heteroatoms. The lowest BCUT2D eigenvalue weighted by atomic mass is 10.1. The Morgan fingerprint density at radius 1 is 0.765 bits per heavy atom. The summed E-state index contributed by atoms with van der Waals surface area (Å²) in [7, 11) is 0. The molecule has 0 aliphatic rings. The molecular weight excluding hydrogens is 206 g/mol. The highest BCUT2D eigenvalue weighted by molar-refractivity contribution is 4.91. The number of allylic oxidation sites excluding steroid dienone is 2.